The standard InChI is InChI=1S/C32H42N4O4/c1-2-3-8-29(31(38)34-25-15-19-33-20-16-25)40-27-12-9-24(10-13-27)32(39)35-21-17-26(18-22-35)36-28-7-5-4-6-23(28)11-14-30(36)37/h4-7,9-10,12-13,25-26,29,33H,2-3,8,11,14-22H2,1H3,(H,34,38). The highest BCUT2D eigenvalue weighted by Gasteiger charge is 2.34. The number of unbranched alkanes of at least 4 members (excludes halogenated alkanes) is 1. The van der Waals surface area contributed by atoms with E-state index in [1.54, 1.807) is 24.3 Å². The van der Waals surface area contributed by atoms with Crippen LogP contribution in [0.3, 0.4) is 0 Å². The molecule has 2 aromatic rings. The first-order valence-electron chi connectivity index (χ1n) is 15.0. The summed E-state index contributed by atoms with van der Waals surface area (Å²) in [4.78, 5) is 42.9. The molecule has 2 aromatic carbocycles. The van der Waals surface area contributed by atoms with Crippen LogP contribution in [0.5, 0.6) is 5.75 Å². The average molecular weight is 547 g/mol. The minimum Gasteiger partial charge on any atom is -0.481 e. The molecule has 40 heavy (non-hydrogen) atoms. The van der Waals surface area contributed by atoms with Crippen LogP contribution in [0.2, 0.25) is 0 Å². The molecule has 0 bridgehead atoms. The number of nitrogens with zero attached hydrogens (tertiary/aromatic N) is 2. The van der Waals surface area contributed by atoms with Crippen molar-refractivity contribution < 1.29 is 19.1 Å². The van der Waals surface area contributed by atoms with E-state index in [2.05, 4.69) is 23.6 Å². The number of hydrogen-bond donors (Lipinski definition) is 2. The van der Waals surface area contributed by atoms with E-state index in [0.29, 0.717) is 37.2 Å². The van der Waals surface area contributed by atoms with Crippen LogP contribution in [0.15, 0.2) is 48.5 Å². The summed E-state index contributed by atoms with van der Waals surface area (Å²) in [6.45, 7) is 5.17. The average Bonchev–Trinajstić information content (AvgIpc) is 3.00. The second kappa shape index (κ2) is 13.3. The number of piperidine rings is 2. The Morgan fingerprint density at radius 1 is 1.00 bits per heavy atom. The maximum absolute atomic E-state index is 13.3. The fourth-order valence-corrected chi connectivity index (χ4v) is 6.10. The summed E-state index contributed by atoms with van der Waals surface area (Å²) in [6.07, 6.45) is 6.74. The van der Waals surface area contributed by atoms with Crippen molar-refractivity contribution in [2.24, 2.45) is 0 Å². The van der Waals surface area contributed by atoms with Crippen LogP contribution >= 0.6 is 0 Å². The second-order valence-corrected chi connectivity index (χ2v) is 11.2. The SMILES string of the molecule is CCCCC(Oc1ccc(C(=O)N2CCC(N3C(=O)CCc4ccccc43)CC2)cc1)C(=O)NC1CCNCC1. The van der Waals surface area contributed by atoms with Crippen molar-refractivity contribution in [3.63, 3.8) is 0 Å². The van der Waals surface area contributed by atoms with Crippen molar-refractivity contribution in [2.45, 2.75) is 82.9 Å². The van der Waals surface area contributed by atoms with Gasteiger partial charge in [0.25, 0.3) is 11.8 Å². The van der Waals surface area contributed by atoms with Crippen molar-refractivity contribution in [3.8, 4) is 5.75 Å². The lowest BCUT2D eigenvalue weighted by atomic mass is 9.95. The first kappa shape index (κ1) is 28.1. The van der Waals surface area contributed by atoms with E-state index in [1.807, 2.05) is 28.0 Å². The van der Waals surface area contributed by atoms with E-state index < -0.39 is 6.10 Å². The van der Waals surface area contributed by atoms with Crippen molar-refractivity contribution in [2.75, 3.05) is 31.1 Å². The Morgan fingerprint density at radius 3 is 2.45 bits per heavy atom. The van der Waals surface area contributed by atoms with E-state index >= 15 is 0 Å². The molecule has 0 aliphatic carbocycles. The lowest BCUT2D eigenvalue weighted by Crippen LogP contribution is -2.50. The number of carbonyl (C=O) groups excluding carboxylic acids is 3. The van der Waals surface area contributed by atoms with E-state index in [4.69, 9.17) is 4.74 Å². The van der Waals surface area contributed by atoms with Gasteiger partial charge in [0.05, 0.1) is 0 Å². The molecule has 0 aromatic heterocycles. The summed E-state index contributed by atoms with van der Waals surface area (Å²) < 4.78 is 6.13. The lowest BCUT2D eigenvalue weighted by Gasteiger charge is -2.41. The molecule has 2 fully saturated rings. The third-order valence-corrected chi connectivity index (χ3v) is 8.42. The van der Waals surface area contributed by atoms with Crippen molar-refractivity contribution in [1.29, 1.82) is 0 Å². The Labute approximate surface area is 237 Å². The highest BCUT2D eigenvalue weighted by Crippen LogP contribution is 2.32. The second-order valence-electron chi connectivity index (χ2n) is 11.2. The van der Waals surface area contributed by atoms with Gasteiger partial charge in [0.1, 0.15) is 5.75 Å². The van der Waals surface area contributed by atoms with Crippen LogP contribution in [0.25, 0.3) is 0 Å². The van der Waals surface area contributed by atoms with Gasteiger partial charge in [-0.3, -0.25) is 14.4 Å². The minimum atomic E-state index is -0.543. The number of ether oxygens (including phenoxy) is 1. The summed E-state index contributed by atoms with van der Waals surface area (Å²) in [6, 6.07) is 15.6. The van der Waals surface area contributed by atoms with Crippen LogP contribution in [-0.4, -0.2) is 67.0 Å². The van der Waals surface area contributed by atoms with E-state index in [-0.39, 0.29) is 29.8 Å². The summed E-state index contributed by atoms with van der Waals surface area (Å²) in [5.74, 6) is 0.708. The van der Waals surface area contributed by atoms with Gasteiger partial charge in [0.15, 0.2) is 6.10 Å². The van der Waals surface area contributed by atoms with E-state index in [0.717, 1.165) is 63.7 Å². The highest BCUT2D eigenvalue weighted by molar-refractivity contribution is 5.97. The Kier molecular flexibility index (Phi) is 9.37. The topological polar surface area (TPSA) is 91.0 Å². The normalized spacial score (nSPS) is 19.2. The number of amides is 3. The molecule has 0 radical (unpaired) electrons. The van der Waals surface area contributed by atoms with Crippen LogP contribution in [0, 0.1) is 0 Å². The molecule has 8 heteroatoms. The molecule has 2 saturated heterocycles. The van der Waals surface area contributed by atoms with E-state index in [1.165, 1.54) is 5.56 Å². The van der Waals surface area contributed by atoms with Gasteiger partial charge in [-0.05, 0) is 93.9 Å². The predicted octanol–water partition coefficient (Wildman–Crippen LogP) is 4.08. The van der Waals surface area contributed by atoms with Crippen LogP contribution < -0.4 is 20.3 Å². The highest BCUT2D eigenvalue weighted by atomic mass is 16.5. The molecule has 3 amide bonds. The molecule has 0 spiro atoms. The zero-order chi connectivity index (χ0) is 27.9. The van der Waals surface area contributed by atoms with Gasteiger partial charge in [0, 0.05) is 42.8 Å². The summed E-state index contributed by atoms with van der Waals surface area (Å²) in [5.41, 5.74) is 2.86. The molecular weight excluding hydrogens is 504 g/mol. The first-order valence-corrected chi connectivity index (χ1v) is 15.0. The minimum absolute atomic E-state index is 0.0124. The Morgan fingerprint density at radius 2 is 1.73 bits per heavy atom. The maximum Gasteiger partial charge on any atom is 0.261 e. The zero-order valence-corrected chi connectivity index (χ0v) is 23.6. The fraction of sp³-hybridized carbons (Fsp3) is 0.531. The number of para-hydroxylation sites is 1. The zero-order valence-electron chi connectivity index (χ0n) is 23.6. The Hall–Kier alpha value is -3.39. The smallest absolute Gasteiger partial charge is 0.261 e. The number of anilines is 1. The fourth-order valence-electron chi connectivity index (χ4n) is 6.10. The van der Waals surface area contributed by atoms with Gasteiger partial charge in [-0.1, -0.05) is 31.5 Å². The number of aryl methyl sites for hydroxylation is 1. The Bertz CT molecular complexity index is 1170. The molecule has 214 valence electrons. The number of nitrogens with one attached hydrogen (secondary N) is 2. The van der Waals surface area contributed by atoms with Gasteiger partial charge in [0.2, 0.25) is 5.91 Å². The number of fused-ring (bicyclic) bond motifs is 1. The molecule has 1 atom stereocenters. The lowest BCUT2D eigenvalue weighted by molar-refractivity contribution is -0.129. The summed E-state index contributed by atoms with van der Waals surface area (Å²) in [5, 5.41) is 6.49. The number of benzene rings is 2. The number of likely N-dealkylation sites (tertiary alicyclic amines) is 1. The molecule has 2 N–H and O–H groups in total. The predicted molar refractivity (Wildman–Crippen MR) is 156 cm³/mol. The molecule has 8 nitrogen and oxygen atoms in total. The van der Waals surface area contributed by atoms with Gasteiger partial charge in [-0.2, -0.15) is 0 Å². The number of carbonyl (C=O) groups is 3. The molecule has 3 aliphatic rings. The van der Waals surface area contributed by atoms with E-state index in [9.17, 15) is 14.4 Å². The van der Waals surface area contributed by atoms with Crippen LogP contribution in [0.1, 0.15) is 74.2 Å². The monoisotopic (exact) mass is 546 g/mol. The third kappa shape index (κ3) is 6.66. The van der Waals surface area contributed by atoms with Crippen molar-refractivity contribution in [3.05, 3.63) is 59.7 Å². The van der Waals surface area contributed by atoms with Crippen molar-refractivity contribution >= 4 is 23.4 Å². The molecule has 5 rings (SSSR count). The quantitative estimate of drug-likeness (QED) is 0.495. The maximum atomic E-state index is 13.3. The van der Waals surface area contributed by atoms with Gasteiger partial charge in [-0.15, -0.1) is 0 Å². The van der Waals surface area contributed by atoms with Gasteiger partial charge in [-0.25, -0.2) is 0 Å². The third-order valence-electron chi connectivity index (χ3n) is 8.42. The molecule has 1 unspecified atom stereocenters. The largest absolute Gasteiger partial charge is 0.481 e. The first-order chi connectivity index (χ1) is 19.5. The van der Waals surface area contributed by atoms with Gasteiger partial charge >= 0.3 is 0 Å². The number of rotatable bonds is 9. The molecule has 3 aliphatic heterocycles. The molecular formula is C32H42N4O4. The van der Waals surface area contributed by atoms with Crippen molar-refractivity contribution in [1.82, 2.24) is 15.5 Å². The van der Waals surface area contributed by atoms with Crippen LogP contribution in [-0.2, 0) is 16.0 Å². The van der Waals surface area contributed by atoms with Gasteiger partial charge < -0.3 is 25.2 Å². The Balaban J connectivity index is 1.16. The molecule has 3 heterocycles. The summed E-state index contributed by atoms with van der Waals surface area (Å²) in [7, 11) is 0. The summed E-state index contributed by atoms with van der Waals surface area (Å²) >= 11 is 0. The number of hydrogen-bond acceptors (Lipinski definition) is 5. The molecule has 0 saturated carbocycles. The van der Waals surface area contributed by atoms with Crippen LogP contribution in [0.4, 0.5) is 5.69 Å².